The van der Waals surface area contributed by atoms with Gasteiger partial charge in [0.2, 0.25) is 0 Å². The molecule has 2 aromatic rings. The lowest BCUT2D eigenvalue weighted by molar-refractivity contribution is 0.0934. The summed E-state index contributed by atoms with van der Waals surface area (Å²) >= 11 is 3.71. The van der Waals surface area contributed by atoms with Crippen molar-refractivity contribution in [3.8, 4) is 11.5 Å². The van der Waals surface area contributed by atoms with Crippen molar-refractivity contribution in [3.63, 3.8) is 0 Å². The van der Waals surface area contributed by atoms with Crippen molar-refractivity contribution in [3.05, 3.63) is 37.3 Å². The van der Waals surface area contributed by atoms with Crippen molar-refractivity contribution < 1.29 is 23.8 Å². The fourth-order valence-electron chi connectivity index (χ4n) is 3.76. The highest BCUT2D eigenvalue weighted by atomic mass is 127. The van der Waals surface area contributed by atoms with E-state index >= 15 is 0 Å². The maximum atomic E-state index is 13.0. The summed E-state index contributed by atoms with van der Waals surface area (Å²) in [6.07, 6.45) is -0.0714. The molecule has 2 aliphatic rings. The number of hydrogen-bond acceptors (Lipinski definition) is 7. The first-order chi connectivity index (χ1) is 14.5. The number of amides is 2. The summed E-state index contributed by atoms with van der Waals surface area (Å²) in [4.78, 5) is 27.8. The Morgan fingerprint density at radius 2 is 2.10 bits per heavy atom. The molecule has 30 heavy (non-hydrogen) atoms. The van der Waals surface area contributed by atoms with Crippen molar-refractivity contribution in [1.82, 2.24) is 10.2 Å². The number of ether oxygens (including phenoxy) is 3. The van der Waals surface area contributed by atoms with E-state index in [0.717, 1.165) is 24.6 Å². The number of carbonyl (C=O) groups is 2. The third-order valence-corrected chi connectivity index (χ3v) is 7.10. The molecule has 8 nitrogen and oxygen atoms in total. The molecule has 2 N–H and O–H groups in total. The van der Waals surface area contributed by atoms with Gasteiger partial charge in [0, 0.05) is 11.4 Å². The first kappa shape index (κ1) is 21.0. The molecule has 0 spiro atoms. The van der Waals surface area contributed by atoms with E-state index in [0.29, 0.717) is 43.2 Å². The van der Waals surface area contributed by atoms with Crippen LogP contribution in [0.5, 0.6) is 11.5 Å². The summed E-state index contributed by atoms with van der Waals surface area (Å²) in [6.45, 7) is 3.14. The number of anilines is 1. The van der Waals surface area contributed by atoms with Crippen LogP contribution in [-0.2, 0) is 17.7 Å². The van der Waals surface area contributed by atoms with E-state index < -0.39 is 0 Å². The van der Waals surface area contributed by atoms with Crippen LogP contribution >= 0.6 is 33.9 Å². The molecule has 1 aromatic heterocycles. The van der Waals surface area contributed by atoms with Crippen LogP contribution in [0.15, 0.2) is 12.1 Å². The normalized spacial score (nSPS) is 17.4. The number of fused-ring (bicyclic) bond motifs is 3. The van der Waals surface area contributed by atoms with E-state index in [2.05, 4.69) is 33.2 Å². The Kier molecular flexibility index (Phi) is 5.96. The van der Waals surface area contributed by atoms with E-state index in [4.69, 9.17) is 14.2 Å². The lowest BCUT2D eigenvalue weighted by Gasteiger charge is -2.28. The first-order valence-electron chi connectivity index (χ1n) is 9.51. The molecule has 4 rings (SSSR count). The van der Waals surface area contributed by atoms with Crippen molar-refractivity contribution >= 4 is 50.9 Å². The SMILES string of the molecule is CCOC(=O)N1CCc2c(sc3c2C(=O)N[C@H](c2cc(I)c(OC)c(OC)c2)N3)C1. The highest BCUT2D eigenvalue weighted by Gasteiger charge is 2.35. The zero-order chi connectivity index (χ0) is 21.4. The lowest BCUT2D eigenvalue weighted by Crippen LogP contribution is -2.39. The van der Waals surface area contributed by atoms with Gasteiger partial charge in [0.05, 0.1) is 36.5 Å². The van der Waals surface area contributed by atoms with Crippen LogP contribution in [0.2, 0.25) is 0 Å². The predicted octanol–water partition coefficient (Wildman–Crippen LogP) is 3.74. The zero-order valence-electron chi connectivity index (χ0n) is 16.8. The van der Waals surface area contributed by atoms with E-state index in [1.165, 1.54) is 11.3 Å². The molecule has 2 amide bonds. The maximum Gasteiger partial charge on any atom is 0.410 e. The van der Waals surface area contributed by atoms with E-state index in [9.17, 15) is 9.59 Å². The van der Waals surface area contributed by atoms with Crippen molar-refractivity contribution in [2.45, 2.75) is 26.1 Å². The summed E-state index contributed by atoms with van der Waals surface area (Å²) in [5, 5.41) is 7.31. The molecule has 0 fully saturated rings. The zero-order valence-corrected chi connectivity index (χ0v) is 19.8. The van der Waals surface area contributed by atoms with Gasteiger partial charge in [-0.05, 0) is 59.2 Å². The third-order valence-electron chi connectivity index (χ3n) is 5.15. The summed E-state index contributed by atoms with van der Waals surface area (Å²) in [6, 6.07) is 3.82. The minimum Gasteiger partial charge on any atom is -0.493 e. The Hall–Kier alpha value is -2.21. The van der Waals surface area contributed by atoms with Gasteiger partial charge in [-0.1, -0.05) is 0 Å². The van der Waals surface area contributed by atoms with Crippen molar-refractivity contribution in [2.75, 3.05) is 32.7 Å². The van der Waals surface area contributed by atoms with E-state index in [-0.39, 0.29) is 18.2 Å². The fraction of sp³-hybridized carbons (Fsp3) is 0.400. The Morgan fingerprint density at radius 3 is 2.80 bits per heavy atom. The summed E-state index contributed by atoms with van der Waals surface area (Å²) in [7, 11) is 3.19. The monoisotopic (exact) mass is 543 g/mol. The molecule has 0 saturated carbocycles. The second kappa shape index (κ2) is 8.50. The van der Waals surface area contributed by atoms with Gasteiger partial charge in [0.1, 0.15) is 11.2 Å². The van der Waals surface area contributed by atoms with Gasteiger partial charge in [-0.25, -0.2) is 4.79 Å². The van der Waals surface area contributed by atoms with Gasteiger partial charge in [-0.15, -0.1) is 11.3 Å². The lowest BCUT2D eigenvalue weighted by atomic mass is 10.0. The van der Waals surface area contributed by atoms with Gasteiger partial charge in [-0.3, -0.25) is 4.79 Å². The Bertz CT molecular complexity index is 1010. The largest absolute Gasteiger partial charge is 0.493 e. The first-order valence-corrected chi connectivity index (χ1v) is 11.4. The second-order valence-electron chi connectivity index (χ2n) is 6.87. The molecular formula is C20H22IN3O5S. The Balaban J connectivity index is 1.62. The Labute approximate surface area is 192 Å². The smallest absolute Gasteiger partial charge is 0.410 e. The van der Waals surface area contributed by atoms with E-state index in [1.807, 2.05) is 12.1 Å². The molecular weight excluding hydrogens is 521 g/mol. The van der Waals surface area contributed by atoms with Gasteiger partial charge in [0.25, 0.3) is 5.91 Å². The molecule has 2 aliphatic heterocycles. The second-order valence-corrected chi connectivity index (χ2v) is 9.13. The number of methoxy groups -OCH3 is 2. The van der Waals surface area contributed by atoms with Crippen molar-refractivity contribution in [1.29, 1.82) is 0 Å². The van der Waals surface area contributed by atoms with Crippen LogP contribution in [-0.4, -0.2) is 44.3 Å². The van der Waals surface area contributed by atoms with Crippen LogP contribution in [0.4, 0.5) is 9.80 Å². The number of halogens is 1. The molecule has 10 heteroatoms. The average Bonchev–Trinajstić information content (AvgIpc) is 3.11. The minimum atomic E-state index is -0.389. The van der Waals surface area contributed by atoms with Gasteiger partial charge in [0.15, 0.2) is 11.5 Å². The molecule has 3 heterocycles. The van der Waals surface area contributed by atoms with Crippen molar-refractivity contribution in [2.24, 2.45) is 0 Å². The number of nitrogens with one attached hydrogen (secondary N) is 2. The van der Waals surface area contributed by atoms with Gasteiger partial charge >= 0.3 is 6.09 Å². The number of benzene rings is 1. The van der Waals surface area contributed by atoms with E-state index in [1.54, 1.807) is 26.0 Å². The molecule has 0 radical (unpaired) electrons. The van der Waals surface area contributed by atoms with Crippen LogP contribution in [0.25, 0.3) is 0 Å². The van der Waals surface area contributed by atoms with Crippen LogP contribution in [0, 0.1) is 3.57 Å². The molecule has 1 atom stereocenters. The van der Waals surface area contributed by atoms with Crippen LogP contribution < -0.4 is 20.1 Å². The minimum absolute atomic E-state index is 0.111. The highest BCUT2D eigenvalue weighted by molar-refractivity contribution is 14.1. The average molecular weight is 543 g/mol. The number of carbonyl (C=O) groups excluding carboxylic acids is 2. The molecule has 160 valence electrons. The summed E-state index contributed by atoms with van der Waals surface area (Å²) < 4.78 is 16.9. The van der Waals surface area contributed by atoms with Gasteiger partial charge in [-0.2, -0.15) is 0 Å². The Morgan fingerprint density at radius 1 is 1.30 bits per heavy atom. The maximum absolute atomic E-state index is 13.0. The number of nitrogens with zero attached hydrogens (tertiary/aromatic N) is 1. The third kappa shape index (κ3) is 3.66. The van der Waals surface area contributed by atoms with Gasteiger partial charge < -0.3 is 29.7 Å². The predicted molar refractivity (Wildman–Crippen MR) is 122 cm³/mol. The molecule has 0 unspecified atom stereocenters. The molecule has 1 aromatic carbocycles. The summed E-state index contributed by atoms with van der Waals surface area (Å²) in [5.41, 5.74) is 2.57. The van der Waals surface area contributed by atoms with Crippen LogP contribution in [0.1, 0.15) is 39.5 Å². The quantitative estimate of drug-likeness (QED) is 0.572. The number of thiophene rings is 1. The number of rotatable bonds is 4. The molecule has 0 bridgehead atoms. The molecule has 0 saturated heterocycles. The molecule has 0 aliphatic carbocycles. The standard InChI is InChI=1S/C20H22IN3O5S/c1-4-29-20(26)24-6-5-11-14(9-24)30-19-15(11)18(25)22-17(23-19)10-7-12(21)16(28-3)13(8-10)27-2/h7-8,17,23H,4-6,9H2,1-3H3,(H,22,25)/t17-/m0/s1. The fourth-order valence-corrected chi connectivity index (χ4v) is 5.89. The highest BCUT2D eigenvalue weighted by Crippen LogP contribution is 2.42. The van der Waals surface area contributed by atoms with Crippen LogP contribution in [0.3, 0.4) is 0 Å². The topological polar surface area (TPSA) is 89.1 Å². The summed E-state index contributed by atoms with van der Waals surface area (Å²) in [5.74, 6) is 1.16. The number of hydrogen-bond donors (Lipinski definition) is 2.